The van der Waals surface area contributed by atoms with Gasteiger partial charge in [-0.05, 0) is 73.9 Å². The number of hydrogen-bond acceptors (Lipinski definition) is 4. The van der Waals surface area contributed by atoms with Gasteiger partial charge >= 0.3 is 0 Å². The minimum absolute atomic E-state index is 0.102. The highest BCUT2D eigenvalue weighted by Crippen LogP contribution is 2.26. The lowest BCUT2D eigenvalue weighted by Crippen LogP contribution is -2.20. The van der Waals surface area contributed by atoms with Gasteiger partial charge in [0, 0.05) is 10.7 Å². The van der Waals surface area contributed by atoms with Gasteiger partial charge in [-0.1, -0.05) is 29.8 Å². The summed E-state index contributed by atoms with van der Waals surface area (Å²) in [6.45, 7) is 5.63. The average Bonchev–Trinajstić information content (AvgIpc) is 3.14. The first-order chi connectivity index (χ1) is 14.4. The lowest BCUT2D eigenvalue weighted by atomic mass is 10.1. The Morgan fingerprint density at radius 1 is 0.967 bits per heavy atom. The molecule has 0 aliphatic rings. The predicted octanol–water partition coefficient (Wildman–Crippen LogP) is 5.02. The van der Waals surface area contributed by atoms with E-state index in [4.69, 9.17) is 16.3 Å². The summed E-state index contributed by atoms with van der Waals surface area (Å²) in [6.07, 6.45) is 0. The van der Waals surface area contributed by atoms with Crippen molar-refractivity contribution < 1.29 is 9.53 Å². The molecule has 0 aliphatic heterocycles. The quantitative estimate of drug-likeness (QED) is 0.492. The number of para-hydroxylation sites is 1. The first-order valence-electron chi connectivity index (χ1n) is 9.53. The maximum Gasteiger partial charge on any atom is 0.262 e. The van der Waals surface area contributed by atoms with Crippen LogP contribution in [0, 0.1) is 20.8 Å². The number of aromatic nitrogens is 3. The zero-order valence-corrected chi connectivity index (χ0v) is 17.7. The van der Waals surface area contributed by atoms with Crippen molar-refractivity contribution in [3.05, 3.63) is 76.3 Å². The molecule has 0 spiro atoms. The molecule has 4 aromatic rings. The van der Waals surface area contributed by atoms with Crippen LogP contribution in [0.15, 0.2) is 54.6 Å². The van der Waals surface area contributed by atoms with Crippen molar-refractivity contribution in [2.24, 2.45) is 0 Å². The maximum absolute atomic E-state index is 12.4. The van der Waals surface area contributed by atoms with Gasteiger partial charge in [0.15, 0.2) is 6.61 Å². The van der Waals surface area contributed by atoms with Gasteiger partial charge in [-0.2, -0.15) is 4.80 Å². The Morgan fingerprint density at radius 2 is 1.60 bits per heavy atom. The van der Waals surface area contributed by atoms with Gasteiger partial charge in [-0.3, -0.25) is 4.79 Å². The second-order valence-electron chi connectivity index (χ2n) is 7.19. The smallest absolute Gasteiger partial charge is 0.262 e. The van der Waals surface area contributed by atoms with E-state index >= 15 is 0 Å². The first kappa shape index (κ1) is 19.9. The van der Waals surface area contributed by atoms with E-state index in [1.54, 1.807) is 4.80 Å². The number of carbonyl (C=O) groups excluding carboxylic acids is 1. The third kappa shape index (κ3) is 4.14. The molecule has 1 aromatic heterocycles. The van der Waals surface area contributed by atoms with Crippen molar-refractivity contribution in [3.63, 3.8) is 0 Å². The van der Waals surface area contributed by atoms with Crippen LogP contribution in [0.25, 0.3) is 16.7 Å². The van der Waals surface area contributed by atoms with E-state index in [9.17, 15) is 4.79 Å². The molecule has 30 heavy (non-hydrogen) atoms. The normalized spacial score (nSPS) is 10.9. The molecule has 0 saturated heterocycles. The molecule has 7 heteroatoms. The molecule has 0 fully saturated rings. The largest absolute Gasteiger partial charge is 0.484 e. The topological polar surface area (TPSA) is 69.0 Å². The highest BCUT2D eigenvalue weighted by atomic mass is 35.5. The minimum atomic E-state index is -0.252. The van der Waals surface area contributed by atoms with Gasteiger partial charge in [-0.15, -0.1) is 10.2 Å². The fourth-order valence-corrected chi connectivity index (χ4v) is 3.31. The standard InChI is InChI=1S/C23H21ClN4O2/c1-14-11-20-21(27-28(26-20)17-7-5-4-6-8-17)12-19(14)25-22(29)13-30-18-9-15(2)23(24)16(3)10-18/h4-12H,13H2,1-3H3,(H,25,29). The number of amides is 1. The summed E-state index contributed by atoms with van der Waals surface area (Å²) in [5, 5.41) is 12.6. The zero-order valence-electron chi connectivity index (χ0n) is 16.9. The molecule has 1 amide bonds. The number of nitrogens with one attached hydrogen (secondary N) is 1. The van der Waals surface area contributed by atoms with Gasteiger partial charge in [0.05, 0.1) is 5.69 Å². The molecular formula is C23H21ClN4O2. The van der Waals surface area contributed by atoms with Crippen LogP contribution in [-0.2, 0) is 4.79 Å². The molecule has 0 atom stereocenters. The van der Waals surface area contributed by atoms with Crippen molar-refractivity contribution in [1.29, 1.82) is 0 Å². The fraction of sp³-hybridized carbons (Fsp3) is 0.174. The Hall–Kier alpha value is -3.38. The summed E-state index contributed by atoms with van der Waals surface area (Å²) in [5.74, 6) is 0.362. The number of benzene rings is 3. The van der Waals surface area contributed by atoms with Crippen LogP contribution in [0.4, 0.5) is 5.69 Å². The molecule has 1 heterocycles. The second kappa shape index (κ2) is 8.16. The Kier molecular flexibility index (Phi) is 5.42. The Labute approximate surface area is 179 Å². The molecule has 0 radical (unpaired) electrons. The van der Waals surface area contributed by atoms with Crippen LogP contribution in [0.5, 0.6) is 5.75 Å². The van der Waals surface area contributed by atoms with E-state index in [1.807, 2.05) is 75.4 Å². The molecule has 0 aliphatic carbocycles. The van der Waals surface area contributed by atoms with Crippen LogP contribution in [0.2, 0.25) is 5.02 Å². The second-order valence-corrected chi connectivity index (χ2v) is 7.57. The third-order valence-corrected chi connectivity index (χ3v) is 5.36. The van der Waals surface area contributed by atoms with Crippen molar-refractivity contribution in [1.82, 2.24) is 15.0 Å². The molecule has 0 bridgehead atoms. The Bertz CT molecular complexity index is 1210. The molecule has 6 nitrogen and oxygen atoms in total. The number of carbonyl (C=O) groups is 1. The predicted molar refractivity (Wildman–Crippen MR) is 119 cm³/mol. The summed E-state index contributed by atoms with van der Waals surface area (Å²) >= 11 is 6.18. The molecule has 0 unspecified atom stereocenters. The Morgan fingerprint density at radius 3 is 2.27 bits per heavy atom. The Balaban J connectivity index is 1.49. The summed E-state index contributed by atoms with van der Waals surface area (Å²) in [6, 6.07) is 17.1. The van der Waals surface area contributed by atoms with Crippen molar-refractivity contribution >= 4 is 34.2 Å². The van der Waals surface area contributed by atoms with E-state index in [0.29, 0.717) is 22.0 Å². The summed E-state index contributed by atoms with van der Waals surface area (Å²) in [4.78, 5) is 14.0. The van der Waals surface area contributed by atoms with Crippen molar-refractivity contribution in [2.75, 3.05) is 11.9 Å². The number of hydrogen-bond donors (Lipinski definition) is 1. The monoisotopic (exact) mass is 420 g/mol. The minimum Gasteiger partial charge on any atom is -0.484 e. The lowest BCUT2D eigenvalue weighted by molar-refractivity contribution is -0.118. The summed E-state index contributed by atoms with van der Waals surface area (Å²) < 4.78 is 5.64. The zero-order chi connectivity index (χ0) is 21.3. The highest BCUT2D eigenvalue weighted by molar-refractivity contribution is 6.32. The van der Waals surface area contributed by atoms with E-state index in [2.05, 4.69) is 15.5 Å². The van der Waals surface area contributed by atoms with E-state index in [1.165, 1.54) is 0 Å². The van der Waals surface area contributed by atoms with Crippen molar-refractivity contribution in [2.45, 2.75) is 20.8 Å². The van der Waals surface area contributed by atoms with E-state index in [0.717, 1.165) is 27.9 Å². The first-order valence-corrected chi connectivity index (χ1v) is 9.91. The van der Waals surface area contributed by atoms with Gasteiger partial charge in [0.1, 0.15) is 16.8 Å². The number of fused-ring (bicyclic) bond motifs is 1. The highest BCUT2D eigenvalue weighted by Gasteiger charge is 2.12. The van der Waals surface area contributed by atoms with Crippen LogP contribution in [-0.4, -0.2) is 27.5 Å². The van der Waals surface area contributed by atoms with Gasteiger partial charge in [0.25, 0.3) is 5.91 Å². The molecule has 152 valence electrons. The van der Waals surface area contributed by atoms with Gasteiger partial charge in [-0.25, -0.2) is 0 Å². The number of anilines is 1. The lowest BCUT2D eigenvalue weighted by Gasteiger charge is -2.11. The fourth-order valence-electron chi connectivity index (χ4n) is 3.20. The molecule has 1 N–H and O–H groups in total. The maximum atomic E-state index is 12.4. The molecule has 3 aromatic carbocycles. The average molecular weight is 421 g/mol. The van der Waals surface area contributed by atoms with Crippen LogP contribution < -0.4 is 10.1 Å². The number of aryl methyl sites for hydroxylation is 3. The van der Waals surface area contributed by atoms with Crippen LogP contribution >= 0.6 is 11.6 Å². The molecular weight excluding hydrogens is 400 g/mol. The SMILES string of the molecule is Cc1cc2nn(-c3ccccc3)nc2cc1NC(=O)COc1cc(C)c(Cl)c(C)c1. The van der Waals surface area contributed by atoms with Crippen LogP contribution in [0.1, 0.15) is 16.7 Å². The third-order valence-electron chi connectivity index (χ3n) is 4.77. The van der Waals surface area contributed by atoms with E-state index < -0.39 is 0 Å². The number of nitrogens with zero attached hydrogens (tertiary/aromatic N) is 3. The van der Waals surface area contributed by atoms with Gasteiger partial charge in [0.2, 0.25) is 0 Å². The number of ether oxygens (including phenoxy) is 1. The van der Waals surface area contributed by atoms with E-state index in [-0.39, 0.29) is 12.5 Å². The van der Waals surface area contributed by atoms with Crippen LogP contribution in [0.3, 0.4) is 0 Å². The summed E-state index contributed by atoms with van der Waals surface area (Å²) in [7, 11) is 0. The number of rotatable bonds is 5. The van der Waals surface area contributed by atoms with Crippen molar-refractivity contribution in [3.8, 4) is 11.4 Å². The molecule has 0 saturated carbocycles. The number of halogens is 1. The van der Waals surface area contributed by atoms with Gasteiger partial charge < -0.3 is 10.1 Å². The molecule has 4 rings (SSSR count). The summed E-state index contributed by atoms with van der Waals surface area (Å²) in [5.41, 5.74) is 5.74.